The molecule has 1 aromatic heterocycles. The fourth-order valence-electron chi connectivity index (χ4n) is 2.85. The lowest BCUT2D eigenvalue weighted by Gasteiger charge is -2.23. The first kappa shape index (κ1) is 21.0. The molecule has 2 aromatic rings. The van der Waals surface area contributed by atoms with E-state index in [2.05, 4.69) is 9.51 Å². The molecular weight excluding hydrogens is 407 g/mol. The second-order valence-electron chi connectivity index (χ2n) is 5.84. The van der Waals surface area contributed by atoms with Gasteiger partial charge >= 0.3 is 20.3 Å². The van der Waals surface area contributed by atoms with Gasteiger partial charge in [0.05, 0.1) is 5.56 Å². The van der Waals surface area contributed by atoms with Crippen LogP contribution in [-0.4, -0.2) is 47.9 Å². The summed E-state index contributed by atoms with van der Waals surface area (Å²) in [5.74, 6) is -0.660. The first-order valence-electron chi connectivity index (χ1n) is 8.37. The summed E-state index contributed by atoms with van der Waals surface area (Å²) in [6.45, 7) is -0.432. The van der Waals surface area contributed by atoms with Crippen LogP contribution in [-0.2, 0) is 28.0 Å². The second kappa shape index (κ2) is 9.68. The van der Waals surface area contributed by atoms with E-state index in [4.69, 9.17) is 18.9 Å². The van der Waals surface area contributed by atoms with Crippen molar-refractivity contribution in [3.63, 3.8) is 0 Å². The molecule has 1 unspecified atom stereocenters. The Kier molecular flexibility index (Phi) is 7.02. The fourth-order valence-corrected chi connectivity index (χ4v) is 2.96. The zero-order chi connectivity index (χ0) is 20.8. The smallest absolute Gasteiger partial charge is 0.338 e. The number of aromatic amines is 1. The molecule has 3 rings (SSSR count). The van der Waals surface area contributed by atoms with Gasteiger partial charge in [0.15, 0.2) is 19.1 Å². The highest BCUT2D eigenvalue weighted by Crippen LogP contribution is 2.33. The van der Waals surface area contributed by atoms with E-state index < -0.39 is 57.4 Å². The molecule has 12 heteroatoms. The minimum Gasteiger partial charge on any atom is -0.450 e. The Morgan fingerprint density at radius 3 is 2.62 bits per heavy atom. The minimum atomic E-state index is -1.20. The fraction of sp³-hybridized carbons (Fsp3) is 0.353. The third kappa shape index (κ3) is 4.84. The summed E-state index contributed by atoms with van der Waals surface area (Å²) >= 11 is 0. The molecule has 1 aliphatic rings. The van der Waals surface area contributed by atoms with Crippen molar-refractivity contribution >= 4 is 14.7 Å². The largest absolute Gasteiger partial charge is 0.450 e. The van der Waals surface area contributed by atoms with Crippen LogP contribution in [0.2, 0.25) is 0 Å². The Morgan fingerprint density at radius 1 is 1.21 bits per heavy atom. The maximum absolute atomic E-state index is 12.5. The van der Waals surface area contributed by atoms with Gasteiger partial charge in [-0.25, -0.2) is 14.2 Å². The van der Waals surface area contributed by atoms with E-state index in [9.17, 15) is 18.9 Å². The van der Waals surface area contributed by atoms with Crippen LogP contribution in [0.5, 0.6) is 0 Å². The van der Waals surface area contributed by atoms with Crippen LogP contribution >= 0.6 is 8.69 Å². The topological polar surface area (TPSA) is 135 Å². The standard InChI is InChI=1S/C17H17N2O9P/c1-24-12-13(27-15(21)10-5-3-2-4-6-10)16(25-9-26-29-23)28-14(12)19-8-7-11(20)18-17(19)22/h2-8,12-14,16H,9H2,1H3,(H,18,20,22)/t12-,13?,14+,16-/m0/s1. The molecule has 1 saturated heterocycles. The molecule has 0 radical (unpaired) electrons. The molecular formula is C17H17N2O9P. The molecule has 0 saturated carbocycles. The molecule has 4 atom stereocenters. The van der Waals surface area contributed by atoms with Crippen LogP contribution in [0.4, 0.5) is 0 Å². The number of H-pyrrole nitrogens is 1. The van der Waals surface area contributed by atoms with Crippen LogP contribution in [0, 0.1) is 0 Å². The average molecular weight is 424 g/mol. The van der Waals surface area contributed by atoms with Crippen molar-refractivity contribution in [2.75, 3.05) is 13.9 Å². The van der Waals surface area contributed by atoms with Crippen LogP contribution in [0.1, 0.15) is 16.6 Å². The number of hydrogen-bond acceptors (Lipinski definition) is 9. The van der Waals surface area contributed by atoms with Gasteiger partial charge in [-0.15, -0.1) is 0 Å². The van der Waals surface area contributed by atoms with E-state index in [-0.39, 0.29) is 0 Å². The van der Waals surface area contributed by atoms with E-state index in [1.54, 1.807) is 30.3 Å². The summed E-state index contributed by atoms with van der Waals surface area (Å²) in [6.07, 6.45) is -3.10. The lowest BCUT2D eigenvalue weighted by Crippen LogP contribution is -2.41. The monoisotopic (exact) mass is 424 g/mol. The number of methoxy groups -OCH3 is 1. The van der Waals surface area contributed by atoms with Gasteiger partial charge in [0.2, 0.25) is 6.29 Å². The summed E-state index contributed by atoms with van der Waals surface area (Å²) in [5, 5.41) is 0. The van der Waals surface area contributed by atoms with Gasteiger partial charge in [-0.1, -0.05) is 18.2 Å². The number of carbonyl (C=O) groups excluding carboxylic acids is 1. The van der Waals surface area contributed by atoms with Gasteiger partial charge in [-0.2, -0.15) is 0 Å². The quantitative estimate of drug-likeness (QED) is 0.283. The van der Waals surface area contributed by atoms with Crippen molar-refractivity contribution in [1.82, 2.24) is 9.55 Å². The number of ether oxygens (including phenoxy) is 4. The van der Waals surface area contributed by atoms with Gasteiger partial charge in [-0.05, 0) is 12.1 Å². The van der Waals surface area contributed by atoms with E-state index in [1.165, 1.54) is 13.3 Å². The maximum atomic E-state index is 12.5. The van der Waals surface area contributed by atoms with Crippen LogP contribution < -0.4 is 11.2 Å². The SMILES string of the molecule is CO[C@H]1C(OC(=O)c2ccccc2)[C@@H](OCOP=O)O[C@H]1n1ccc(=O)[nH]c1=O. The predicted molar refractivity (Wildman–Crippen MR) is 96.3 cm³/mol. The number of nitrogens with one attached hydrogen (secondary N) is 1. The number of carbonyl (C=O) groups is 1. The van der Waals surface area contributed by atoms with Crippen molar-refractivity contribution in [3.8, 4) is 0 Å². The molecule has 154 valence electrons. The Labute approximate surface area is 165 Å². The lowest BCUT2D eigenvalue weighted by atomic mass is 10.2. The number of benzene rings is 1. The van der Waals surface area contributed by atoms with Crippen LogP contribution in [0.15, 0.2) is 52.2 Å². The summed E-state index contributed by atoms with van der Waals surface area (Å²) < 4.78 is 38.1. The summed E-state index contributed by atoms with van der Waals surface area (Å²) in [5.41, 5.74) is -1.03. The van der Waals surface area contributed by atoms with Crippen molar-refractivity contribution in [3.05, 3.63) is 69.0 Å². The molecule has 1 aromatic carbocycles. The molecule has 0 aliphatic carbocycles. The van der Waals surface area contributed by atoms with Crippen molar-refractivity contribution in [2.45, 2.75) is 24.7 Å². The maximum Gasteiger partial charge on any atom is 0.338 e. The Balaban J connectivity index is 1.88. The second-order valence-corrected chi connectivity index (χ2v) is 6.24. The average Bonchev–Trinajstić information content (AvgIpc) is 3.05. The van der Waals surface area contributed by atoms with E-state index >= 15 is 0 Å². The number of esters is 1. The number of nitrogens with zero attached hydrogens (tertiary/aromatic N) is 1. The zero-order valence-electron chi connectivity index (χ0n) is 15.1. The molecule has 0 spiro atoms. The lowest BCUT2D eigenvalue weighted by molar-refractivity contribution is -0.201. The predicted octanol–water partition coefficient (Wildman–Crippen LogP) is 0.829. The Bertz CT molecular complexity index is 961. The van der Waals surface area contributed by atoms with Gasteiger partial charge in [0.1, 0.15) is 6.10 Å². The highest BCUT2D eigenvalue weighted by molar-refractivity contribution is 7.17. The minimum absolute atomic E-state index is 0.292. The van der Waals surface area contributed by atoms with Gasteiger partial charge in [-0.3, -0.25) is 18.9 Å². The summed E-state index contributed by atoms with van der Waals surface area (Å²) in [6, 6.07) is 9.37. The summed E-state index contributed by atoms with van der Waals surface area (Å²) in [4.78, 5) is 38.1. The molecule has 2 heterocycles. The Hall–Kier alpha value is -2.69. The molecule has 0 amide bonds. The van der Waals surface area contributed by atoms with E-state index in [1.807, 2.05) is 0 Å². The Morgan fingerprint density at radius 2 is 1.97 bits per heavy atom. The highest BCUT2D eigenvalue weighted by Gasteiger charge is 2.49. The highest BCUT2D eigenvalue weighted by atomic mass is 31.1. The van der Waals surface area contributed by atoms with E-state index in [0.29, 0.717) is 5.56 Å². The van der Waals surface area contributed by atoms with Crippen molar-refractivity contribution < 1.29 is 32.8 Å². The molecule has 11 nitrogen and oxygen atoms in total. The van der Waals surface area contributed by atoms with Crippen molar-refractivity contribution in [1.29, 1.82) is 0 Å². The molecule has 29 heavy (non-hydrogen) atoms. The van der Waals surface area contributed by atoms with Crippen molar-refractivity contribution in [2.24, 2.45) is 0 Å². The number of rotatable bonds is 8. The molecule has 0 bridgehead atoms. The number of hydrogen-bond donors (Lipinski definition) is 1. The van der Waals surface area contributed by atoms with Gasteiger partial charge < -0.3 is 18.9 Å². The normalized spacial score (nSPS) is 23.9. The van der Waals surface area contributed by atoms with Gasteiger partial charge in [0.25, 0.3) is 5.56 Å². The first-order chi connectivity index (χ1) is 14.0. The first-order valence-corrected chi connectivity index (χ1v) is 9.10. The zero-order valence-corrected chi connectivity index (χ0v) is 16.0. The van der Waals surface area contributed by atoms with Gasteiger partial charge in [0, 0.05) is 19.4 Å². The third-order valence-corrected chi connectivity index (χ3v) is 4.35. The van der Waals surface area contributed by atoms with Crippen LogP contribution in [0.25, 0.3) is 0 Å². The molecule has 1 N–H and O–H groups in total. The number of aromatic nitrogens is 2. The summed E-state index contributed by atoms with van der Waals surface area (Å²) in [7, 11) is 0.733. The van der Waals surface area contributed by atoms with Crippen LogP contribution in [0.3, 0.4) is 0 Å². The third-order valence-electron chi connectivity index (χ3n) is 4.13. The van der Waals surface area contributed by atoms with E-state index in [0.717, 1.165) is 10.6 Å². The molecule has 1 aliphatic heterocycles. The molecule has 1 fully saturated rings.